The molecule has 0 amide bonds. The van der Waals surface area contributed by atoms with Crippen LogP contribution in [-0.2, 0) is 0 Å². The second-order valence-corrected chi connectivity index (χ2v) is 6.01. The molecule has 1 N–H and O–H groups in total. The molecule has 0 aromatic heterocycles. The minimum Gasteiger partial charge on any atom is -0.315 e. The first-order valence-electron chi connectivity index (χ1n) is 7.44. The predicted molar refractivity (Wildman–Crippen MR) is 78.6 cm³/mol. The van der Waals surface area contributed by atoms with Crippen molar-refractivity contribution in [1.29, 1.82) is 0 Å². The van der Waals surface area contributed by atoms with Gasteiger partial charge in [-0.2, -0.15) is 0 Å². The summed E-state index contributed by atoms with van der Waals surface area (Å²) < 4.78 is 0. The van der Waals surface area contributed by atoms with E-state index in [4.69, 9.17) is 0 Å². The molecule has 17 heavy (non-hydrogen) atoms. The molecule has 0 atom stereocenters. The standard InChI is InChI=1S/C15H34N2/c1-14(2)10-13-17(5)12-9-7-6-8-11-16-15(3)4/h14-16H,6-13H2,1-5H3. The number of nitrogens with zero attached hydrogens (tertiary/aromatic N) is 1. The highest BCUT2D eigenvalue weighted by Gasteiger charge is 2.00. The molecular formula is C15H34N2. The smallest absolute Gasteiger partial charge is 0.00103 e. The molecule has 0 heterocycles. The molecule has 0 radical (unpaired) electrons. The summed E-state index contributed by atoms with van der Waals surface area (Å²) in [4.78, 5) is 2.48. The summed E-state index contributed by atoms with van der Waals surface area (Å²) in [5.74, 6) is 0.833. The molecule has 0 rings (SSSR count). The number of unbranched alkanes of at least 4 members (excludes halogenated alkanes) is 3. The highest BCUT2D eigenvalue weighted by atomic mass is 15.1. The average Bonchev–Trinajstić information content (AvgIpc) is 2.24. The van der Waals surface area contributed by atoms with Crippen molar-refractivity contribution >= 4 is 0 Å². The summed E-state index contributed by atoms with van der Waals surface area (Å²) >= 11 is 0. The van der Waals surface area contributed by atoms with Gasteiger partial charge in [0, 0.05) is 6.04 Å². The molecule has 0 aliphatic rings. The second-order valence-electron chi connectivity index (χ2n) is 6.01. The largest absolute Gasteiger partial charge is 0.315 e. The molecule has 104 valence electrons. The maximum atomic E-state index is 3.47. The van der Waals surface area contributed by atoms with Gasteiger partial charge in [0.15, 0.2) is 0 Å². The van der Waals surface area contributed by atoms with E-state index in [1.807, 2.05) is 0 Å². The Bertz CT molecular complexity index is 155. The summed E-state index contributed by atoms with van der Waals surface area (Å²) in [7, 11) is 2.25. The van der Waals surface area contributed by atoms with Crippen LogP contribution in [0.25, 0.3) is 0 Å². The van der Waals surface area contributed by atoms with Gasteiger partial charge in [-0.25, -0.2) is 0 Å². The lowest BCUT2D eigenvalue weighted by Gasteiger charge is -2.17. The molecular weight excluding hydrogens is 208 g/mol. The van der Waals surface area contributed by atoms with Gasteiger partial charge >= 0.3 is 0 Å². The monoisotopic (exact) mass is 242 g/mol. The predicted octanol–water partition coefficient (Wildman–Crippen LogP) is 3.52. The molecule has 0 saturated carbocycles. The van der Waals surface area contributed by atoms with Crippen LogP contribution in [0.15, 0.2) is 0 Å². The molecule has 0 aliphatic carbocycles. The third kappa shape index (κ3) is 13.9. The minimum absolute atomic E-state index is 0.636. The third-order valence-electron chi connectivity index (χ3n) is 3.11. The van der Waals surface area contributed by atoms with Gasteiger partial charge in [-0.15, -0.1) is 0 Å². The number of hydrogen-bond donors (Lipinski definition) is 1. The average molecular weight is 242 g/mol. The zero-order valence-corrected chi connectivity index (χ0v) is 12.8. The maximum absolute atomic E-state index is 3.47. The van der Waals surface area contributed by atoms with Crippen LogP contribution in [0.2, 0.25) is 0 Å². The van der Waals surface area contributed by atoms with Gasteiger partial charge in [-0.05, 0) is 51.9 Å². The van der Waals surface area contributed by atoms with Crippen molar-refractivity contribution in [2.75, 3.05) is 26.7 Å². The first-order chi connectivity index (χ1) is 8.02. The lowest BCUT2D eigenvalue weighted by atomic mass is 10.1. The summed E-state index contributed by atoms with van der Waals surface area (Å²) in [6.07, 6.45) is 6.77. The van der Waals surface area contributed by atoms with Gasteiger partial charge in [0.1, 0.15) is 0 Å². The molecule has 2 nitrogen and oxygen atoms in total. The lowest BCUT2D eigenvalue weighted by molar-refractivity contribution is 0.302. The molecule has 0 aliphatic heterocycles. The molecule has 0 spiro atoms. The van der Waals surface area contributed by atoms with Gasteiger partial charge in [-0.1, -0.05) is 40.5 Å². The van der Waals surface area contributed by atoms with Crippen molar-refractivity contribution in [2.24, 2.45) is 5.92 Å². The summed E-state index contributed by atoms with van der Waals surface area (Å²) in [5, 5.41) is 3.47. The number of hydrogen-bond acceptors (Lipinski definition) is 2. The van der Waals surface area contributed by atoms with Crippen LogP contribution in [0, 0.1) is 5.92 Å². The van der Waals surface area contributed by atoms with E-state index < -0.39 is 0 Å². The van der Waals surface area contributed by atoms with E-state index >= 15 is 0 Å². The highest BCUT2D eigenvalue weighted by Crippen LogP contribution is 2.04. The molecule has 0 saturated heterocycles. The van der Waals surface area contributed by atoms with Crippen LogP contribution in [-0.4, -0.2) is 37.6 Å². The Hall–Kier alpha value is -0.0800. The Morgan fingerprint density at radius 1 is 0.882 bits per heavy atom. The van der Waals surface area contributed by atoms with E-state index in [-0.39, 0.29) is 0 Å². The lowest BCUT2D eigenvalue weighted by Crippen LogP contribution is -2.23. The molecule has 2 heteroatoms. The Labute approximate surface area is 109 Å². The van der Waals surface area contributed by atoms with Crippen LogP contribution in [0.3, 0.4) is 0 Å². The normalized spacial score (nSPS) is 12.0. The van der Waals surface area contributed by atoms with E-state index in [2.05, 4.69) is 45.0 Å². The van der Waals surface area contributed by atoms with E-state index in [1.54, 1.807) is 0 Å². The van der Waals surface area contributed by atoms with Crippen LogP contribution in [0.1, 0.15) is 59.8 Å². The SMILES string of the molecule is CC(C)CCN(C)CCCCCCNC(C)C. The van der Waals surface area contributed by atoms with Crippen molar-refractivity contribution in [2.45, 2.75) is 65.8 Å². The van der Waals surface area contributed by atoms with Crippen molar-refractivity contribution in [3.63, 3.8) is 0 Å². The van der Waals surface area contributed by atoms with Gasteiger partial charge in [0.05, 0.1) is 0 Å². The maximum Gasteiger partial charge on any atom is 0.00103 e. The summed E-state index contributed by atoms with van der Waals surface area (Å²) in [5.41, 5.74) is 0. The first kappa shape index (κ1) is 16.9. The Kier molecular flexibility index (Phi) is 11.0. The summed E-state index contributed by atoms with van der Waals surface area (Å²) in [6, 6.07) is 0.636. The van der Waals surface area contributed by atoms with Gasteiger partial charge in [-0.3, -0.25) is 0 Å². The fraction of sp³-hybridized carbons (Fsp3) is 1.00. The van der Waals surface area contributed by atoms with Gasteiger partial charge < -0.3 is 10.2 Å². The van der Waals surface area contributed by atoms with Crippen LogP contribution in [0.5, 0.6) is 0 Å². The fourth-order valence-corrected chi connectivity index (χ4v) is 1.84. The molecule has 0 fully saturated rings. The zero-order valence-electron chi connectivity index (χ0n) is 12.8. The highest BCUT2D eigenvalue weighted by molar-refractivity contribution is 4.56. The first-order valence-corrected chi connectivity index (χ1v) is 7.44. The number of nitrogens with one attached hydrogen (secondary N) is 1. The Morgan fingerprint density at radius 2 is 1.53 bits per heavy atom. The second kappa shape index (κ2) is 11.0. The van der Waals surface area contributed by atoms with Crippen molar-refractivity contribution in [3.8, 4) is 0 Å². The van der Waals surface area contributed by atoms with Gasteiger partial charge in [0.2, 0.25) is 0 Å². The van der Waals surface area contributed by atoms with E-state index in [0.29, 0.717) is 6.04 Å². The molecule has 0 bridgehead atoms. The van der Waals surface area contributed by atoms with E-state index in [0.717, 1.165) is 5.92 Å². The van der Waals surface area contributed by atoms with E-state index in [9.17, 15) is 0 Å². The third-order valence-corrected chi connectivity index (χ3v) is 3.11. The van der Waals surface area contributed by atoms with Crippen LogP contribution < -0.4 is 5.32 Å². The fourth-order valence-electron chi connectivity index (χ4n) is 1.84. The quantitative estimate of drug-likeness (QED) is 0.558. The number of rotatable bonds is 11. The topological polar surface area (TPSA) is 15.3 Å². The summed E-state index contributed by atoms with van der Waals surface area (Å²) in [6.45, 7) is 12.7. The molecule has 0 aromatic rings. The zero-order chi connectivity index (χ0) is 13.1. The van der Waals surface area contributed by atoms with Crippen molar-refractivity contribution in [1.82, 2.24) is 10.2 Å². The molecule has 0 unspecified atom stereocenters. The van der Waals surface area contributed by atoms with Crippen molar-refractivity contribution in [3.05, 3.63) is 0 Å². The molecule has 0 aromatic carbocycles. The van der Waals surface area contributed by atoms with Crippen molar-refractivity contribution < 1.29 is 0 Å². The Balaban J connectivity index is 3.16. The van der Waals surface area contributed by atoms with Gasteiger partial charge in [0.25, 0.3) is 0 Å². The van der Waals surface area contributed by atoms with E-state index in [1.165, 1.54) is 51.7 Å². The Morgan fingerprint density at radius 3 is 2.12 bits per heavy atom. The van der Waals surface area contributed by atoms with Crippen LogP contribution in [0.4, 0.5) is 0 Å². The van der Waals surface area contributed by atoms with Crippen LogP contribution >= 0.6 is 0 Å². The minimum atomic E-state index is 0.636.